The van der Waals surface area contributed by atoms with Gasteiger partial charge in [0.05, 0.1) is 22.4 Å². The summed E-state index contributed by atoms with van der Waals surface area (Å²) in [5.74, 6) is 5.97. The monoisotopic (exact) mass is 343 g/mol. The Morgan fingerprint density at radius 2 is 2.00 bits per heavy atom. The summed E-state index contributed by atoms with van der Waals surface area (Å²) in [7, 11) is 4.30. The molecule has 5 nitrogen and oxygen atoms in total. The van der Waals surface area contributed by atoms with Crippen molar-refractivity contribution in [1.82, 2.24) is 20.1 Å². The van der Waals surface area contributed by atoms with Crippen LogP contribution in [0.3, 0.4) is 0 Å². The minimum atomic E-state index is 0.0595. The molecule has 1 saturated carbocycles. The van der Waals surface area contributed by atoms with Crippen LogP contribution in [0, 0.1) is 0 Å². The highest BCUT2D eigenvalue weighted by Crippen LogP contribution is 2.44. The molecule has 1 heterocycles. The quantitative estimate of drug-likeness (QED) is 0.637. The van der Waals surface area contributed by atoms with E-state index in [1.807, 2.05) is 6.20 Å². The summed E-state index contributed by atoms with van der Waals surface area (Å²) in [6, 6.07) is 0.382. The summed E-state index contributed by atoms with van der Waals surface area (Å²) in [5, 5.41) is 4.50. The predicted octanol–water partition coefficient (Wildman–Crippen LogP) is 2.61. The van der Waals surface area contributed by atoms with Gasteiger partial charge in [-0.25, -0.2) is 5.43 Å². The van der Waals surface area contributed by atoms with E-state index in [-0.39, 0.29) is 11.6 Å². The maximum absolute atomic E-state index is 5.97. The molecule has 0 aromatic carbocycles. The summed E-state index contributed by atoms with van der Waals surface area (Å²) in [6.45, 7) is 4.29. The lowest BCUT2D eigenvalue weighted by Crippen LogP contribution is -2.54. The number of halogens is 1. The molecule has 114 valence electrons. The van der Waals surface area contributed by atoms with Gasteiger partial charge < -0.3 is 4.90 Å². The summed E-state index contributed by atoms with van der Waals surface area (Å²) in [4.78, 5) is 2.33. The molecule has 0 saturated heterocycles. The van der Waals surface area contributed by atoms with Crippen LogP contribution < -0.4 is 11.3 Å². The Kier molecular flexibility index (Phi) is 4.89. The van der Waals surface area contributed by atoms with Gasteiger partial charge in [0.15, 0.2) is 0 Å². The normalized spacial score (nSPS) is 20.0. The first-order valence-corrected chi connectivity index (χ1v) is 8.10. The lowest BCUT2D eigenvalue weighted by atomic mass is 9.85. The smallest absolute Gasteiger partial charge is 0.0823 e. The van der Waals surface area contributed by atoms with Crippen molar-refractivity contribution >= 4 is 15.9 Å². The second-order valence-corrected chi connectivity index (χ2v) is 7.08. The molecule has 0 bridgehead atoms. The molecule has 1 aliphatic carbocycles. The highest BCUT2D eigenvalue weighted by atomic mass is 79.9. The van der Waals surface area contributed by atoms with E-state index in [2.05, 4.69) is 64.0 Å². The fraction of sp³-hybridized carbons (Fsp3) is 0.786. The third-order valence-electron chi connectivity index (χ3n) is 4.61. The number of nitrogens with two attached hydrogens (primary N) is 1. The van der Waals surface area contributed by atoms with Gasteiger partial charge in [-0.1, -0.05) is 12.8 Å². The fourth-order valence-corrected chi connectivity index (χ4v) is 4.00. The van der Waals surface area contributed by atoms with Crippen molar-refractivity contribution in [3.63, 3.8) is 0 Å². The first-order chi connectivity index (χ1) is 9.44. The first-order valence-electron chi connectivity index (χ1n) is 7.30. The maximum Gasteiger partial charge on any atom is 0.0823 e. The SMILES string of the molecule is CC(C)n1ncc(Br)c1C(NN)C1(N(C)C)CCCC1. The zero-order valence-corrected chi connectivity index (χ0v) is 14.4. The van der Waals surface area contributed by atoms with E-state index >= 15 is 0 Å². The minimum absolute atomic E-state index is 0.0595. The van der Waals surface area contributed by atoms with Gasteiger partial charge in [-0.15, -0.1) is 0 Å². The average Bonchev–Trinajstić information content (AvgIpc) is 3.00. The zero-order valence-electron chi connectivity index (χ0n) is 12.9. The maximum atomic E-state index is 5.97. The number of likely N-dealkylation sites (N-methyl/N-ethyl adjacent to an activating group) is 1. The number of rotatable bonds is 5. The molecule has 0 amide bonds. The molecule has 3 N–H and O–H groups in total. The van der Waals surface area contributed by atoms with Crippen LogP contribution in [0.4, 0.5) is 0 Å². The summed E-state index contributed by atoms with van der Waals surface area (Å²) in [5.41, 5.74) is 4.28. The molecule has 0 aliphatic heterocycles. The van der Waals surface area contributed by atoms with Gasteiger partial charge >= 0.3 is 0 Å². The molecule has 2 rings (SSSR count). The zero-order chi connectivity index (χ0) is 14.9. The van der Waals surface area contributed by atoms with E-state index in [1.54, 1.807) is 0 Å². The van der Waals surface area contributed by atoms with E-state index in [0.29, 0.717) is 6.04 Å². The Balaban J connectivity index is 2.49. The molecule has 6 heteroatoms. The van der Waals surface area contributed by atoms with Gasteiger partial charge in [-0.2, -0.15) is 5.10 Å². The van der Waals surface area contributed by atoms with Crippen LogP contribution >= 0.6 is 15.9 Å². The van der Waals surface area contributed by atoms with Gasteiger partial charge in [-0.3, -0.25) is 10.5 Å². The Hall–Kier alpha value is -0.430. The van der Waals surface area contributed by atoms with Gasteiger partial charge in [0.25, 0.3) is 0 Å². The van der Waals surface area contributed by atoms with Crippen molar-refractivity contribution < 1.29 is 0 Å². The summed E-state index contributed by atoms with van der Waals surface area (Å²) >= 11 is 3.65. The lowest BCUT2D eigenvalue weighted by molar-refractivity contribution is 0.0990. The number of aromatic nitrogens is 2. The third-order valence-corrected chi connectivity index (χ3v) is 5.22. The number of nitrogens with one attached hydrogen (secondary N) is 1. The van der Waals surface area contributed by atoms with Gasteiger partial charge in [0.2, 0.25) is 0 Å². The molecule has 1 aromatic rings. The summed E-state index contributed by atoms with van der Waals surface area (Å²) in [6.07, 6.45) is 6.70. The third kappa shape index (κ3) is 2.54. The highest BCUT2D eigenvalue weighted by molar-refractivity contribution is 9.10. The van der Waals surface area contributed by atoms with Gasteiger partial charge in [-0.05, 0) is 56.7 Å². The topological polar surface area (TPSA) is 59.1 Å². The van der Waals surface area contributed by atoms with Crippen molar-refractivity contribution in [1.29, 1.82) is 0 Å². The number of hydrogen-bond acceptors (Lipinski definition) is 4. The largest absolute Gasteiger partial charge is 0.302 e. The van der Waals surface area contributed by atoms with Crippen molar-refractivity contribution in [3.05, 3.63) is 16.4 Å². The molecule has 1 fully saturated rings. The van der Waals surface area contributed by atoms with E-state index in [4.69, 9.17) is 5.84 Å². The van der Waals surface area contributed by atoms with Gasteiger partial charge in [0.1, 0.15) is 0 Å². The van der Waals surface area contributed by atoms with E-state index < -0.39 is 0 Å². The van der Waals surface area contributed by atoms with Crippen LogP contribution in [0.25, 0.3) is 0 Å². The molecule has 1 aromatic heterocycles. The molecule has 0 spiro atoms. The highest BCUT2D eigenvalue weighted by Gasteiger charge is 2.45. The van der Waals surface area contributed by atoms with Crippen LogP contribution in [0.5, 0.6) is 0 Å². The van der Waals surface area contributed by atoms with Crippen LogP contribution in [0.2, 0.25) is 0 Å². The minimum Gasteiger partial charge on any atom is -0.302 e. The standard InChI is InChI=1S/C14H26BrN5/c1-10(2)20-12(11(15)9-17-20)13(18-16)14(19(3)4)7-5-6-8-14/h9-10,13,18H,5-8,16H2,1-4H3. The van der Waals surface area contributed by atoms with Crippen molar-refractivity contribution in [2.24, 2.45) is 5.84 Å². The summed E-state index contributed by atoms with van der Waals surface area (Å²) < 4.78 is 3.10. The Morgan fingerprint density at radius 1 is 1.40 bits per heavy atom. The fourth-order valence-electron chi connectivity index (χ4n) is 3.50. The number of nitrogens with zero attached hydrogens (tertiary/aromatic N) is 3. The van der Waals surface area contributed by atoms with E-state index in [1.165, 1.54) is 12.8 Å². The molecule has 20 heavy (non-hydrogen) atoms. The molecular formula is C14H26BrN5. The Morgan fingerprint density at radius 3 is 2.45 bits per heavy atom. The van der Waals surface area contributed by atoms with Crippen LogP contribution in [-0.2, 0) is 0 Å². The molecule has 0 radical (unpaired) electrons. The molecule has 1 aliphatic rings. The van der Waals surface area contributed by atoms with E-state index in [9.17, 15) is 0 Å². The average molecular weight is 344 g/mol. The van der Waals surface area contributed by atoms with Crippen molar-refractivity contribution in [3.8, 4) is 0 Å². The Labute approximate surface area is 130 Å². The second-order valence-electron chi connectivity index (χ2n) is 6.22. The Bertz CT molecular complexity index is 448. The molecular weight excluding hydrogens is 318 g/mol. The lowest BCUT2D eigenvalue weighted by Gasteiger charge is -2.43. The molecule has 1 unspecified atom stereocenters. The van der Waals surface area contributed by atoms with Crippen molar-refractivity contribution in [2.75, 3.05) is 14.1 Å². The van der Waals surface area contributed by atoms with Crippen LogP contribution in [0.15, 0.2) is 10.7 Å². The van der Waals surface area contributed by atoms with Crippen molar-refractivity contribution in [2.45, 2.75) is 57.2 Å². The first kappa shape index (κ1) is 15.9. The predicted molar refractivity (Wildman–Crippen MR) is 85.3 cm³/mol. The van der Waals surface area contributed by atoms with Gasteiger partial charge in [0, 0.05) is 11.6 Å². The molecule has 1 atom stereocenters. The van der Waals surface area contributed by atoms with E-state index in [0.717, 1.165) is 23.0 Å². The number of hydrazine groups is 1. The second kappa shape index (κ2) is 6.13. The van der Waals surface area contributed by atoms with Crippen LogP contribution in [0.1, 0.15) is 57.3 Å². The van der Waals surface area contributed by atoms with Crippen LogP contribution in [-0.4, -0.2) is 34.3 Å². The number of hydrogen-bond donors (Lipinski definition) is 2.